The highest BCUT2D eigenvalue weighted by molar-refractivity contribution is 6.16. The Balaban J connectivity index is 1.17. The van der Waals surface area contributed by atoms with Gasteiger partial charge in [0.25, 0.3) is 0 Å². The van der Waals surface area contributed by atoms with Crippen molar-refractivity contribution < 1.29 is 11.3 Å². The van der Waals surface area contributed by atoms with Crippen LogP contribution in [0.25, 0.3) is 106 Å². The van der Waals surface area contributed by atoms with Crippen LogP contribution in [0.1, 0.15) is 6.85 Å². The molecule has 0 fully saturated rings. The van der Waals surface area contributed by atoms with Crippen molar-refractivity contribution in [3.8, 4) is 62.1 Å². The molecule has 8 aromatic carbocycles. The summed E-state index contributed by atoms with van der Waals surface area (Å²) in [4.78, 5) is 15.4. The lowest BCUT2D eigenvalue weighted by Crippen LogP contribution is -2.01. The van der Waals surface area contributed by atoms with Crippen LogP contribution in [-0.4, -0.2) is 19.5 Å². The summed E-state index contributed by atoms with van der Waals surface area (Å²) in [6.07, 6.45) is 0. The van der Waals surface area contributed by atoms with Crippen LogP contribution in [-0.2, 0) is 0 Å². The van der Waals surface area contributed by atoms with Crippen LogP contribution in [0.5, 0.6) is 0 Å². The van der Waals surface area contributed by atoms with Crippen LogP contribution < -0.4 is 0 Å². The molecule has 0 aliphatic carbocycles. The lowest BCUT2D eigenvalue weighted by molar-refractivity contribution is 0.670. The highest BCUT2D eigenvalue weighted by atomic mass is 16.3. The lowest BCUT2D eigenvalue weighted by Gasteiger charge is -2.12. The predicted molar refractivity (Wildman–Crippen MR) is 229 cm³/mol. The molecule has 0 unspecified atom stereocenters. The SMILES string of the molecule is [2H]c1c([2H])c([2H])c(-c2cc(-c3ccccc3)cc3c2oc2cccc(-c4nc(-c5ccccc5)nc(-c5cccc(-n6c7ccccc7c7ccccc76)c5)n4)c23)c([2H])c1[2H]. The summed E-state index contributed by atoms with van der Waals surface area (Å²) in [5, 5.41) is 3.75. The summed E-state index contributed by atoms with van der Waals surface area (Å²) in [6.45, 7) is 0. The molecule has 0 bridgehead atoms. The molecule has 0 saturated carbocycles. The maximum absolute atomic E-state index is 8.94. The molecule has 0 saturated heterocycles. The topological polar surface area (TPSA) is 56.7 Å². The number of aromatic nitrogens is 4. The maximum Gasteiger partial charge on any atom is 0.164 e. The van der Waals surface area contributed by atoms with E-state index in [0.29, 0.717) is 45.2 Å². The minimum Gasteiger partial charge on any atom is -0.455 e. The van der Waals surface area contributed by atoms with Crippen LogP contribution in [0, 0.1) is 0 Å². The van der Waals surface area contributed by atoms with Crippen LogP contribution in [0.15, 0.2) is 198 Å². The molecule has 3 aromatic heterocycles. The standard InChI is InChI=1S/C51H32N4O/c1-4-16-33(17-5-1)37-31-42(34-18-6-2-7-19-34)48-43(32-37)47-41(26-15-29-46(47)56-48)51-53-49(35-20-8-3-9-21-35)52-50(54-51)36-22-14-23-38(30-36)55-44-27-12-10-24-39(44)40-25-11-13-28-45(40)55/h1-32H/i2D,6D,7D,18D,19D. The molecular formula is C51H32N4O. The van der Waals surface area contributed by atoms with E-state index in [0.717, 1.165) is 44.4 Å². The molecular weight excluding hydrogens is 685 g/mol. The van der Waals surface area contributed by atoms with E-state index in [1.54, 1.807) is 0 Å². The third kappa shape index (κ3) is 5.29. The van der Waals surface area contributed by atoms with Gasteiger partial charge >= 0.3 is 0 Å². The molecule has 0 radical (unpaired) electrons. The predicted octanol–water partition coefficient (Wildman–Crippen LogP) is 13.2. The molecule has 0 spiro atoms. The summed E-state index contributed by atoms with van der Waals surface area (Å²) in [7, 11) is 0. The van der Waals surface area contributed by atoms with Gasteiger partial charge in [-0.15, -0.1) is 0 Å². The number of para-hydroxylation sites is 2. The number of hydrogen-bond acceptors (Lipinski definition) is 4. The Morgan fingerprint density at radius 2 is 1.04 bits per heavy atom. The van der Waals surface area contributed by atoms with Crippen molar-refractivity contribution in [2.45, 2.75) is 0 Å². The Bertz CT molecular complexity index is 3470. The molecule has 0 atom stereocenters. The summed E-state index contributed by atoms with van der Waals surface area (Å²) in [5.74, 6) is 1.41. The van der Waals surface area contributed by atoms with Gasteiger partial charge in [0.15, 0.2) is 17.5 Å². The minimum atomic E-state index is -0.457. The van der Waals surface area contributed by atoms with E-state index in [-0.39, 0.29) is 17.6 Å². The molecule has 0 aliphatic heterocycles. The van der Waals surface area contributed by atoms with Gasteiger partial charge in [0.1, 0.15) is 11.2 Å². The summed E-state index contributed by atoms with van der Waals surface area (Å²) in [6, 6.07) is 52.3. The molecule has 262 valence electrons. The monoisotopic (exact) mass is 721 g/mol. The van der Waals surface area contributed by atoms with Gasteiger partial charge in [-0.05, 0) is 59.2 Å². The molecule has 11 rings (SSSR count). The van der Waals surface area contributed by atoms with Gasteiger partial charge in [0.2, 0.25) is 0 Å². The third-order valence-corrected chi connectivity index (χ3v) is 10.3. The highest BCUT2D eigenvalue weighted by Crippen LogP contribution is 2.43. The second-order valence-electron chi connectivity index (χ2n) is 13.6. The third-order valence-electron chi connectivity index (χ3n) is 10.3. The van der Waals surface area contributed by atoms with Crippen molar-refractivity contribution >= 4 is 43.7 Å². The zero-order valence-corrected chi connectivity index (χ0v) is 29.8. The molecule has 56 heavy (non-hydrogen) atoms. The number of hydrogen-bond donors (Lipinski definition) is 0. The van der Waals surface area contributed by atoms with Crippen molar-refractivity contribution in [2.75, 3.05) is 0 Å². The van der Waals surface area contributed by atoms with E-state index in [1.807, 2.05) is 103 Å². The van der Waals surface area contributed by atoms with E-state index in [9.17, 15) is 0 Å². The summed E-state index contributed by atoms with van der Waals surface area (Å²) >= 11 is 0. The number of benzene rings is 8. The zero-order chi connectivity index (χ0) is 41.4. The van der Waals surface area contributed by atoms with Gasteiger partial charge in [-0.3, -0.25) is 0 Å². The quantitative estimate of drug-likeness (QED) is 0.172. The van der Waals surface area contributed by atoms with Crippen molar-refractivity contribution in [1.29, 1.82) is 0 Å². The Morgan fingerprint density at radius 1 is 0.429 bits per heavy atom. The molecule has 0 amide bonds. The highest BCUT2D eigenvalue weighted by Gasteiger charge is 2.21. The number of furan rings is 1. The lowest BCUT2D eigenvalue weighted by atomic mass is 9.95. The van der Waals surface area contributed by atoms with Crippen LogP contribution in [0.2, 0.25) is 0 Å². The van der Waals surface area contributed by atoms with Gasteiger partial charge in [0, 0.05) is 49.5 Å². The number of fused-ring (bicyclic) bond motifs is 6. The van der Waals surface area contributed by atoms with Crippen molar-refractivity contribution in [2.24, 2.45) is 0 Å². The van der Waals surface area contributed by atoms with E-state index < -0.39 is 18.1 Å². The average molecular weight is 722 g/mol. The van der Waals surface area contributed by atoms with E-state index >= 15 is 0 Å². The summed E-state index contributed by atoms with van der Waals surface area (Å²) in [5.41, 5.74) is 8.52. The molecule has 0 aliphatic rings. The first-order chi connectivity index (χ1) is 29.8. The van der Waals surface area contributed by atoms with E-state index in [1.165, 1.54) is 10.8 Å². The van der Waals surface area contributed by atoms with Crippen molar-refractivity contribution in [1.82, 2.24) is 19.5 Å². The van der Waals surface area contributed by atoms with Gasteiger partial charge < -0.3 is 8.98 Å². The van der Waals surface area contributed by atoms with Gasteiger partial charge in [0.05, 0.1) is 17.9 Å². The number of nitrogens with zero attached hydrogens (tertiary/aromatic N) is 4. The van der Waals surface area contributed by atoms with Crippen LogP contribution >= 0.6 is 0 Å². The van der Waals surface area contributed by atoms with E-state index in [2.05, 4.69) is 65.2 Å². The first-order valence-corrected chi connectivity index (χ1v) is 18.4. The largest absolute Gasteiger partial charge is 0.455 e. The summed E-state index contributed by atoms with van der Waals surface area (Å²) < 4.78 is 52.1. The maximum atomic E-state index is 8.94. The first kappa shape index (κ1) is 27.0. The van der Waals surface area contributed by atoms with E-state index in [4.69, 9.17) is 26.2 Å². The smallest absolute Gasteiger partial charge is 0.164 e. The fraction of sp³-hybridized carbons (Fsp3) is 0. The van der Waals surface area contributed by atoms with Crippen molar-refractivity contribution in [3.63, 3.8) is 0 Å². The zero-order valence-electron chi connectivity index (χ0n) is 34.8. The van der Waals surface area contributed by atoms with Gasteiger partial charge in [-0.25, -0.2) is 15.0 Å². The second kappa shape index (κ2) is 13.0. The Hall–Kier alpha value is -7.63. The molecule has 11 aromatic rings. The number of rotatable bonds is 6. The van der Waals surface area contributed by atoms with Crippen LogP contribution in [0.4, 0.5) is 0 Å². The minimum absolute atomic E-state index is 0.0614. The van der Waals surface area contributed by atoms with Crippen LogP contribution in [0.3, 0.4) is 0 Å². The fourth-order valence-electron chi connectivity index (χ4n) is 7.81. The normalized spacial score (nSPS) is 12.8. The molecule has 3 heterocycles. The Kier molecular flexibility index (Phi) is 6.29. The average Bonchev–Trinajstić information content (AvgIpc) is 3.87. The Morgan fingerprint density at radius 3 is 1.77 bits per heavy atom. The fourth-order valence-corrected chi connectivity index (χ4v) is 7.81. The first-order valence-electron chi connectivity index (χ1n) is 20.9. The molecule has 5 nitrogen and oxygen atoms in total. The van der Waals surface area contributed by atoms with Gasteiger partial charge in [-0.1, -0.05) is 152 Å². The van der Waals surface area contributed by atoms with Crippen molar-refractivity contribution in [3.05, 3.63) is 194 Å². The van der Waals surface area contributed by atoms with Gasteiger partial charge in [-0.2, -0.15) is 0 Å². The second-order valence-corrected chi connectivity index (χ2v) is 13.6. The molecule has 0 N–H and O–H groups in total. The Labute approximate surface area is 329 Å². The molecule has 5 heteroatoms.